The van der Waals surface area contributed by atoms with Crippen molar-refractivity contribution in [3.05, 3.63) is 66.5 Å². The Balaban J connectivity index is 1.28. The van der Waals surface area contributed by atoms with Gasteiger partial charge in [0.2, 0.25) is 17.7 Å². The van der Waals surface area contributed by atoms with Crippen LogP contribution in [0.3, 0.4) is 0 Å². The van der Waals surface area contributed by atoms with E-state index in [2.05, 4.69) is 25.9 Å². The van der Waals surface area contributed by atoms with Crippen molar-refractivity contribution in [2.45, 2.75) is 44.6 Å². The van der Waals surface area contributed by atoms with E-state index in [9.17, 15) is 13.6 Å². The normalized spacial score (nSPS) is 19.7. The van der Waals surface area contributed by atoms with Gasteiger partial charge in [0.1, 0.15) is 5.75 Å². The molecule has 8 nitrogen and oxygen atoms in total. The van der Waals surface area contributed by atoms with Gasteiger partial charge >= 0.3 is 0 Å². The molecule has 2 aromatic carbocycles. The lowest BCUT2D eigenvalue weighted by molar-refractivity contribution is -0.117. The van der Waals surface area contributed by atoms with Crippen molar-refractivity contribution >= 4 is 28.3 Å². The Bertz CT molecular complexity index is 1560. The summed E-state index contributed by atoms with van der Waals surface area (Å²) in [5.41, 5.74) is 2.80. The molecular formula is C30H30F2N6O2. The number of anilines is 2. The minimum Gasteiger partial charge on any atom is -0.437 e. The number of ether oxygens (including phenoxy) is 1. The molecule has 2 fully saturated rings. The van der Waals surface area contributed by atoms with Crippen LogP contribution in [0.4, 0.5) is 20.4 Å². The van der Waals surface area contributed by atoms with Crippen molar-refractivity contribution in [2.24, 2.45) is 5.92 Å². The highest BCUT2D eigenvalue weighted by atomic mass is 19.3. The van der Waals surface area contributed by atoms with Crippen LogP contribution in [0.15, 0.2) is 60.9 Å². The van der Waals surface area contributed by atoms with Crippen molar-refractivity contribution in [3.63, 3.8) is 0 Å². The summed E-state index contributed by atoms with van der Waals surface area (Å²) in [6.45, 7) is 3.82. The van der Waals surface area contributed by atoms with Gasteiger partial charge in [-0.1, -0.05) is 24.3 Å². The van der Waals surface area contributed by atoms with Crippen LogP contribution in [0, 0.1) is 12.8 Å². The highest BCUT2D eigenvalue weighted by molar-refractivity contribution is 6.04. The van der Waals surface area contributed by atoms with Gasteiger partial charge < -0.3 is 20.7 Å². The lowest BCUT2D eigenvalue weighted by Crippen LogP contribution is -2.38. The van der Waals surface area contributed by atoms with Crippen LogP contribution in [-0.2, 0) is 4.79 Å². The third kappa shape index (κ3) is 5.58. The van der Waals surface area contributed by atoms with Gasteiger partial charge in [0.15, 0.2) is 0 Å². The number of hydrogen-bond donors (Lipinski definition) is 3. The number of halogens is 2. The number of fused-ring (bicyclic) bond motifs is 1. The molecule has 1 aliphatic carbocycles. The fourth-order valence-electron chi connectivity index (χ4n) is 5.10. The summed E-state index contributed by atoms with van der Waals surface area (Å²) in [7, 11) is 0. The van der Waals surface area contributed by atoms with Gasteiger partial charge in [-0.3, -0.25) is 4.79 Å². The standard InChI is InChI=1S/C30H30F2N6O2/c1-18-9-10-21-22(6-2-8-24(21)37-26(39)15-19-16-30(19,31)32)27(18)40-28-23(7-4-13-34-28)25-11-14-35-29(38-25)36-20-5-3-12-33-17-20/h2,4,6-11,13-14,19-20,33H,3,5,12,15-17H2,1H3,(H,37,39)(H,35,36,38)/t19-,20-/m0/s1. The second kappa shape index (κ2) is 10.8. The van der Waals surface area contributed by atoms with E-state index in [1.165, 1.54) is 0 Å². The quantitative estimate of drug-likeness (QED) is 0.252. The fraction of sp³-hybridized carbons (Fsp3) is 0.333. The number of carbonyl (C=O) groups is 1. The Morgan fingerprint density at radius 1 is 1.10 bits per heavy atom. The van der Waals surface area contributed by atoms with E-state index >= 15 is 0 Å². The summed E-state index contributed by atoms with van der Waals surface area (Å²) >= 11 is 0. The first-order chi connectivity index (χ1) is 19.4. The van der Waals surface area contributed by atoms with Crippen molar-refractivity contribution in [1.29, 1.82) is 0 Å². The Morgan fingerprint density at radius 3 is 2.77 bits per heavy atom. The summed E-state index contributed by atoms with van der Waals surface area (Å²) in [5, 5.41) is 11.1. The number of aryl methyl sites for hydroxylation is 1. The molecule has 3 N–H and O–H groups in total. The van der Waals surface area contributed by atoms with Crippen LogP contribution in [0.1, 0.15) is 31.2 Å². The third-order valence-corrected chi connectivity index (χ3v) is 7.40. The molecule has 1 aliphatic heterocycles. The smallest absolute Gasteiger partial charge is 0.252 e. The lowest BCUT2D eigenvalue weighted by atomic mass is 10.0. The first-order valence-corrected chi connectivity index (χ1v) is 13.5. The van der Waals surface area contributed by atoms with Crippen molar-refractivity contribution in [3.8, 4) is 22.9 Å². The number of alkyl halides is 2. The van der Waals surface area contributed by atoms with Gasteiger partial charge in [-0.2, -0.15) is 0 Å². The van der Waals surface area contributed by atoms with Gasteiger partial charge in [0.25, 0.3) is 5.92 Å². The van der Waals surface area contributed by atoms with Gasteiger partial charge in [-0.25, -0.2) is 23.7 Å². The van der Waals surface area contributed by atoms with Crippen LogP contribution in [0.5, 0.6) is 11.6 Å². The molecule has 10 heteroatoms. The fourth-order valence-corrected chi connectivity index (χ4v) is 5.10. The minimum atomic E-state index is -2.73. The molecule has 2 aromatic heterocycles. The molecule has 3 heterocycles. The summed E-state index contributed by atoms with van der Waals surface area (Å²) < 4.78 is 33.1. The Hall–Kier alpha value is -4.18. The molecule has 1 amide bonds. The second-order valence-corrected chi connectivity index (χ2v) is 10.4. The maximum absolute atomic E-state index is 13.3. The van der Waals surface area contributed by atoms with Crippen molar-refractivity contribution in [2.75, 3.05) is 23.7 Å². The predicted octanol–water partition coefficient (Wildman–Crippen LogP) is 5.94. The van der Waals surface area contributed by atoms with E-state index in [-0.39, 0.29) is 18.9 Å². The van der Waals surface area contributed by atoms with E-state index in [4.69, 9.17) is 9.72 Å². The summed E-state index contributed by atoms with van der Waals surface area (Å²) in [6, 6.07) is 15.1. The van der Waals surface area contributed by atoms with E-state index in [1.54, 1.807) is 24.5 Å². The number of pyridine rings is 1. The Kier molecular flexibility index (Phi) is 7.02. The number of aromatic nitrogens is 3. The summed E-state index contributed by atoms with van der Waals surface area (Å²) in [4.78, 5) is 26.1. The van der Waals surface area contributed by atoms with Crippen LogP contribution in [0.25, 0.3) is 22.0 Å². The van der Waals surface area contributed by atoms with Gasteiger partial charge in [-0.05, 0) is 56.1 Å². The third-order valence-electron chi connectivity index (χ3n) is 7.40. The van der Waals surface area contributed by atoms with E-state index in [0.717, 1.165) is 42.3 Å². The number of carbonyl (C=O) groups excluding carboxylic acids is 1. The zero-order chi connectivity index (χ0) is 27.7. The molecule has 0 spiro atoms. The van der Waals surface area contributed by atoms with Crippen LogP contribution in [-0.4, -0.2) is 45.9 Å². The topological polar surface area (TPSA) is 101 Å². The van der Waals surface area contributed by atoms with Crippen molar-refractivity contribution in [1.82, 2.24) is 20.3 Å². The Labute approximate surface area is 230 Å². The number of benzene rings is 2. The molecule has 0 unspecified atom stereocenters. The van der Waals surface area contributed by atoms with Crippen LogP contribution in [0.2, 0.25) is 0 Å². The molecule has 1 saturated carbocycles. The molecule has 0 bridgehead atoms. The average molecular weight is 545 g/mol. The molecule has 1 saturated heterocycles. The largest absolute Gasteiger partial charge is 0.437 e. The molecule has 0 radical (unpaired) electrons. The second-order valence-electron chi connectivity index (χ2n) is 10.4. The number of nitrogens with one attached hydrogen (secondary N) is 3. The zero-order valence-corrected chi connectivity index (χ0v) is 22.1. The average Bonchev–Trinajstić information content (AvgIpc) is 3.56. The number of piperidine rings is 1. The highest BCUT2D eigenvalue weighted by Gasteiger charge is 2.57. The van der Waals surface area contributed by atoms with Gasteiger partial charge in [-0.15, -0.1) is 0 Å². The highest BCUT2D eigenvalue weighted by Crippen LogP contribution is 2.50. The summed E-state index contributed by atoms with van der Waals surface area (Å²) in [5.74, 6) is -2.53. The van der Waals surface area contributed by atoms with Crippen molar-refractivity contribution < 1.29 is 18.3 Å². The predicted molar refractivity (Wildman–Crippen MR) is 150 cm³/mol. The molecule has 40 heavy (non-hydrogen) atoms. The first-order valence-electron chi connectivity index (χ1n) is 13.5. The SMILES string of the molecule is Cc1ccc2c(NC(=O)C[C@H]3CC3(F)F)cccc2c1Oc1ncccc1-c1ccnc(N[C@H]2CCCNC2)n1. The molecule has 2 atom stereocenters. The van der Waals surface area contributed by atoms with E-state index in [1.807, 2.05) is 43.3 Å². The molecule has 2 aliphatic rings. The maximum Gasteiger partial charge on any atom is 0.252 e. The molecular weight excluding hydrogens is 514 g/mol. The summed E-state index contributed by atoms with van der Waals surface area (Å²) in [6.07, 6.45) is 5.09. The number of nitrogens with zero attached hydrogens (tertiary/aromatic N) is 3. The first kappa shape index (κ1) is 26.1. The molecule has 6 rings (SSSR count). The monoisotopic (exact) mass is 544 g/mol. The zero-order valence-electron chi connectivity index (χ0n) is 22.1. The van der Waals surface area contributed by atoms with Gasteiger partial charge in [0, 0.05) is 60.2 Å². The van der Waals surface area contributed by atoms with Gasteiger partial charge in [0.05, 0.1) is 11.3 Å². The van der Waals surface area contributed by atoms with Crippen LogP contribution < -0.4 is 20.7 Å². The number of rotatable bonds is 8. The lowest BCUT2D eigenvalue weighted by Gasteiger charge is -2.23. The minimum absolute atomic E-state index is 0.205. The maximum atomic E-state index is 13.3. The number of hydrogen-bond acceptors (Lipinski definition) is 7. The molecule has 4 aromatic rings. The van der Waals surface area contributed by atoms with Crippen LogP contribution >= 0.6 is 0 Å². The number of amides is 1. The van der Waals surface area contributed by atoms with E-state index in [0.29, 0.717) is 34.5 Å². The van der Waals surface area contributed by atoms with E-state index < -0.39 is 17.7 Å². The Morgan fingerprint density at radius 2 is 1.98 bits per heavy atom. The molecule has 206 valence electrons.